The Labute approximate surface area is 141 Å². The number of hydrogen-bond acceptors (Lipinski definition) is 3. The minimum absolute atomic E-state index is 0.0948. The Balaban J connectivity index is 1.66. The fourth-order valence-electron chi connectivity index (χ4n) is 2.73. The van der Waals surface area contributed by atoms with E-state index in [0.717, 1.165) is 6.42 Å². The average Bonchev–Trinajstić information content (AvgIpc) is 2.60. The van der Waals surface area contributed by atoms with Gasteiger partial charge in [-0.1, -0.05) is 30.3 Å². The van der Waals surface area contributed by atoms with Gasteiger partial charge in [-0.25, -0.2) is 0 Å². The smallest absolute Gasteiger partial charge is 0.267 e. The Hall–Kier alpha value is -2.82. The molecule has 1 N–H and O–H groups in total. The number of nitrogens with zero attached hydrogens (tertiary/aromatic N) is 1. The second-order valence-electron chi connectivity index (χ2n) is 5.83. The number of anilines is 1. The largest absolute Gasteiger partial charge is 0.479 e. The van der Waals surface area contributed by atoms with Gasteiger partial charge in [0.15, 0.2) is 6.10 Å². The van der Waals surface area contributed by atoms with E-state index in [-0.39, 0.29) is 11.8 Å². The zero-order chi connectivity index (χ0) is 17.1. The van der Waals surface area contributed by atoms with Crippen molar-refractivity contribution >= 4 is 17.5 Å². The molecule has 0 saturated heterocycles. The van der Waals surface area contributed by atoms with Crippen molar-refractivity contribution in [3.8, 4) is 5.75 Å². The van der Waals surface area contributed by atoms with Gasteiger partial charge in [0.2, 0.25) is 0 Å². The van der Waals surface area contributed by atoms with Gasteiger partial charge in [-0.3, -0.25) is 9.59 Å². The Morgan fingerprint density at radius 2 is 1.96 bits per heavy atom. The van der Waals surface area contributed by atoms with Crippen LogP contribution in [0.1, 0.15) is 22.8 Å². The van der Waals surface area contributed by atoms with Gasteiger partial charge in [0.05, 0.1) is 5.69 Å². The summed E-state index contributed by atoms with van der Waals surface area (Å²) in [5.74, 6) is 0.312. The lowest BCUT2D eigenvalue weighted by Gasteiger charge is -2.30. The summed E-state index contributed by atoms with van der Waals surface area (Å²) >= 11 is 0. The van der Waals surface area contributed by atoms with Crippen LogP contribution in [0.15, 0.2) is 48.5 Å². The average molecular weight is 324 g/mol. The maximum Gasteiger partial charge on any atom is 0.267 e. The lowest BCUT2D eigenvalue weighted by atomic mass is 10.1. The molecule has 3 rings (SSSR count). The molecule has 1 aliphatic rings. The highest BCUT2D eigenvalue weighted by Crippen LogP contribution is 2.33. The Morgan fingerprint density at radius 1 is 1.21 bits per heavy atom. The molecule has 0 fully saturated rings. The summed E-state index contributed by atoms with van der Waals surface area (Å²) in [5.41, 5.74) is 2.39. The van der Waals surface area contributed by atoms with E-state index in [1.807, 2.05) is 30.3 Å². The van der Waals surface area contributed by atoms with Crippen LogP contribution in [-0.4, -0.2) is 31.5 Å². The van der Waals surface area contributed by atoms with Crippen molar-refractivity contribution in [2.75, 3.05) is 18.5 Å². The van der Waals surface area contributed by atoms with E-state index in [9.17, 15) is 9.59 Å². The summed E-state index contributed by atoms with van der Waals surface area (Å²) in [6.07, 6.45) is 0.237. The molecule has 0 saturated carbocycles. The molecule has 5 nitrogen and oxygen atoms in total. The lowest BCUT2D eigenvalue weighted by molar-refractivity contribution is -0.125. The van der Waals surface area contributed by atoms with Crippen LogP contribution in [0.3, 0.4) is 0 Å². The molecule has 2 aromatic carbocycles. The first-order chi connectivity index (χ1) is 11.6. The van der Waals surface area contributed by atoms with Crippen molar-refractivity contribution in [1.82, 2.24) is 5.32 Å². The SMILES string of the molecule is CC1Oc2cc(C(=O)NCCc3ccccc3)ccc2N(C)C1=O. The van der Waals surface area contributed by atoms with Gasteiger partial charge in [-0.2, -0.15) is 0 Å². The van der Waals surface area contributed by atoms with Crippen molar-refractivity contribution in [3.05, 3.63) is 59.7 Å². The molecule has 2 aromatic rings. The van der Waals surface area contributed by atoms with Crippen molar-refractivity contribution in [3.63, 3.8) is 0 Å². The van der Waals surface area contributed by atoms with Crippen molar-refractivity contribution in [1.29, 1.82) is 0 Å². The van der Waals surface area contributed by atoms with E-state index in [4.69, 9.17) is 4.74 Å². The van der Waals surface area contributed by atoms with Crippen LogP contribution >= 0.6 is 0 Å². The molecule has 124 valence electrons. The number of amides is 2. The fraction of sp³-hybridized carbons (Fsp3) is 0.263. The zero-order valence-corrected chi connectivity index (χ0v) is 13.8. The maximum atomic E-state index is 12.3. The molecular formula is C19H20N2O3. The van der Waals surface area contributed by atoms with Crippen molar-refractivity contribution in [2.45, 2.75) is 19.4 Å². The Morgan fingerprint density at radius 3 is 2.71 bits per heavy atom. The number of nitrogens with one attached hydrogen (secondary N) is 1. The quantitative estimate of drug-likeness (QED) is 0.939. The van der Waals surface area contributed by atoms with Gasteiger partial charge in [-0.05, 0) is 37.1 Å². The van der Waals surface area contributed by atoms with E-state index in [0.29, 0.717) is 23.5 Å². The highest BCUT2D eigenvalue weighted by atomic mass is 16.5. The van der Waals surface area contributed by atoms with Crippen molar-refractivity contribution < 1.29 is 14.3 Å². The number of likely N-dealkylation sites (N-methyl/N-ethyl adjacent to an activating group) is 1. The normalized spacial score (nSPS) is 16.3. The maximum absolute atomic E-state index is 12.3. The third-order valence-electron chi connectivity index (χ3n) is 4.11. The molecule has 0 aromatic heterocycles. The number of fused-ring (bicyclic) bond motifs is 1. The van der Waals surface area contributed by atoms with Crippen LogP contribution in [0.2, 0.25) is 0 Å². The minimum atomic E-state index is -0.543. The van der Waals surface area contributed by atoms with Gasteiger partial charge >= 0.3 is 0 Å². The van der Waals surface area contributed by atoms with Crippen LogP contribution < -0.4 is 15.0 Å². The summed E-state index contributed by atoms with van der Waals surface area (Å²) in [7, 11) is 1.71. The van der Waals surface area contributed by atoms with Crippen LogP contribution in [0.4, 0.5) is 5.69 Å². The first-order valence-electron chi connectivity index (χ1n) is 7.96. The predicted molar refractivity (Wildman–Crippen MR) is 92.4 cm³/mol. The minimum Gasteiger partial charge on any atom is -0.479 e. The molecule has 1 aliphatic heterocycles. The second-order valence-corrected chi connectivity index (χ2v) is 5.83. The van der Waals surface area contributed by atoms with Crippen LogP contribution in [0, 0.1) is 0 Å². The summed E-state index contributed by atoms with van der Waals surface area (Å²) < 4.78 is 5.61. The van der Waals surface area contributed by atoms with Crippen molar-refractivity contribution in [2.24, 2.45) is 0 Å². The number of carbonyl (C=O) groups is 2. The summed E-state index contributed by atoms with van der Waals surface area (Å²) in [6, 6.07) is 15.1. The molecule has 2 amide bonds. The van der Waals surface area contributed by atoms with Crippen LogP contribution in [-0.2, 0) is 11.2 Å². The van der Waals surface area contributed by atoms with Gasteiger partial charge in [0.1, 0.15) is 5.75 Å². The highest BCUT2D eigenvalue weighted by Gasteiger charge is 2.29. The predicted octanol–water partition coefficient (Wildman–Crippen LogP) is 2.40. The zero-order valence-electron chi connectivity index (χ0n) is 13.8. The molecule has 0 spiro atoms. The second kappa shape index (κ2) is 6.74. The first-order valence-corrected chi connectivity index (χ1v) is 7.96. The first kappa shape index (κ1) is 16.1. The number of rotatable bonds is 4. The van der Waals surface area contributed by atoms with Gasteiger partial charge in [-0.15, -0.1) is 0 Å². The topological polar surface area (TPSA) is 58.6 Å². The van der Waals surface area contributed by atoms with E-state index in [2.05, 4.69) is 5.32 Å². The third-order valence-corrected chi connectivity index (χ3v) is 4.11. The molecule has 5 heteroatoms. The van der Waals surface area contributed by atoms with E-state index in [1.54, 1.807) is 37.1 Å². The van der Waals surface area contributed by atoms with Crippen LogP contribution in [0.25, 0.3) is 0 Å². The Kier molecular flexibility index (Phi) is 4.51. The molecule has 0 bridgehead atoms. The number of carbonyl (C=O) groups excluding carboxylic acids is 2. The number of benzene rings is 2. The van der Waals surface area contributed by atoms with E-state index < -0.39 is 6.10 Å². The number of hydrogen-bond donors (Lipinski definition) is 1. The van der Waals surface area contributed by atoms with E-state index in [1.165, 1.54) is 5.56 Å². The molecule has 0 radical (unpaired) electrons. The summed E-state index contributed by atoms with van der Waals surface area (Å²) in [5, 5.41) is 2.91. The van der Waals surface area contributed by atoms with E-state index >= 15 is 0 Å². The number of ether oxygens (including phenoxy) is 1. The summed E-state index contributed by atoms with van der Waals surface area (Å²) in [6.45, 7) is 2.27. The summed E-state index contributed by atoms with van der Waals surface area (Å²) in [4.78, 5) is 25.8. The molecule has 0 aliphatic carbocycles. The lowest BCUT2D eigenvalue weighted by Crippen LogP contribution is -2.42. The molecule has 1 atom stereocenters. The van der Waals surface area contributed by atoms with Gasteiger partial charge in [0.25, 0.3) is 11.8 Å². The molecule has 1 heterocycles. The van der Waals surface area contributed by atoms with Gasteiger partial charge < -0.3 is 15.0 Å². The standard InChI is InChI=1S/C19H20N2O3/c1-13-19(23)21(2)16-9-8-15(12-17(16)24-13)18(22)20-11-10-14-6-4-3-5-7-14/h3-9,12-13H,10-11H2,1-2H3,(H,20,22). The molecular weight excluding hydrogens is 304 g/mol. The third kappa shape index (κ3) is 3.25. The highest BCUT2D eigenvalue weighted by molar-refractivity contribution is 6.01. The monoisotopic (exact) mass is 324 g/mol. The molecule has 1 unspecified atom stereocenters. The molecule has 24 heavy (non-hydrogen) atoms. The fourth-order valence-corrected chi connectivity index (χ4v) is 2.73. The van der Waals surface area contributed by atoms with Gasteiger partial charge in [0, 0.05) is 19.2 Å². The Bertz CT molecular complexity index is 758. The van der Waals surface area contributed by atoms with Crippen LogP contribution in [0.5, 0.6) is 5.75 Å².